The summed E-state index contributed by atoms with van der Waals surface area (Å²) in [4.78, 5) is 24.3. The van der Waals surface area contributed by atoms with Gasteiger partial charge in [-0.1, -0.05) is 12.1 Å². The van der Waals surface area contributed by atoms with Gasteiger partial charge in [-0.15, -0.1) is 0 Å². The molecule has 2 aromatic heterocycles. The minimum atomic E-state index is -0.0503. The number of nitrogen functional groups attached to an aromatic ring is 1. The van der Waals surface area contributed by atoms with Crippen molar-refractivity contribution >= 4 is 22.9 Å². The number of nitrogens with zero attached hydrogens (tertiary/aromatic N) is 4. The van der Waals surface area contributed by atoms with Crippen LogP contribution in [-0.2, 0) is 17.9 Å². The van der Waals surface area contributed by atoms with E-state index in [1.807, 2.05) is 31.2 Å². The minimum absolute atomic E-state index is 0.0503. The number of fused-ring (bicyclic) bond motifs is 1. The van der Waals surface area contributed by atoms with E-state index >= 15 is 0 Å². The Bertz CT molecular complexity index is 876. The molecule has 0 aliphatic rings. The molecule has 0 atom stereocenters. The van der Waals surface area contributed by atoms with Crippen molar-refractivity contribution < 1.29 is 9.53 Å². The number of hydrogen-bond donors (Lipinski definition) is 2. The van der Waals surface area contributed by atoms with Crippen LogP contribution >= 0.6 is 0 Å². The minimum Gasteiger partial charge on any atom is -0.494 e. The summed E-state index contributed by atoms with van der Waals surface area (Å²) in [5.41, 5.74) is 7.93. The smallest absolute Gasteiger partial charge is 0.222 e. The van der Waals surface area contributed by atoms with Crippen LogP contribution in [0, 0.1) is 0 Å². The molecule has 8 nitrogen and oxygen atoms in total. The molecule has 0 unspecified atom stereocenters. The van der Waals surface area contributed by atoms with Crippen molar-refractivity contribution in [2.75, 3.05) is 12.3 Å². The third kappa shape index (κ3) is 4.03. The first-order valence-corrected chi connectivity index (χ1v) is 8.07. The predicted molar refractivity (Wildman–Crippen MR) is 93.8 cm³/mol. The summed E-state index contributed by atoms with van der Waals surface area (Å²) >= 11 is 0. The standard InChI is InChI=1S/C17H20N6O2/c1-2-25-13-5-3-4-12(8-13)9-19-14(24)6-7-23-11-22-15-16(18)20-10-21-17(15)23/h3-5,8,10-11H,2,6-7,9H2,1H3,(H,19,24)(H2,18,20,21). The van der Waals surface area contributed by atoms with Gasteiger partial charge in [0.15, 0.2) is 11.5 Å². The van der Waals surface area contributed by atoms with Gasteiger partial charge in [-0.3, -0.25) is 4.79 Å². The van der Waals surface area contributed by atoms with Crippen LogP contribution in [0.4, 0.5) is 5.82 Å². The van der Waals surface area contributed by atoms with Crippen molar-refractivity contribution in [2.45, 2.75) is 26.4 Å². The van der Waals surface area contributed by atoms with E-state index in [0.717, 1.165) is 11.3 Å². The molecule has 25 heavy (non-hydrogen) atoms. The maximum atomic E-state index is 12.1. The molecule has 0 saturated heterocycles. The van der Waals surface area contributed by atoms with Crippen LogP contribution in [0.1, 0.15) is 18.9 Å². The van der Waals surface area contributed by atoms with Crippen molar-refractivity contribution in [3.8, 4) is 5.75 Å². The second-order valence-corrected chi connectivity index (χ2v) is 5.48. The largest absolute Gasteiger partial charge is 0.494 e. The zero-order valence-electron chi connectivity index (χ0n) is 14.0. The van der Waals surface area contributed by atoms with Crippen LogP contribution in [0.5, 0.6) is 5.75 Å². The number of benzene rings is 1. The molecule has 1 amide bonds. The number of ether oxygens (including phenoxy) is 1. The highest BCUT2D eigenvalue weighted by Crippen LogP contribution is 2.15. The van der Waals surface area contributed by atoms with E-state index in [1.54, 1.807) is 10.9 Å². The Morgan fingerprint density at radius 2 is 2.20 bits per heavy atom. The highest BCUT2D eigenvalue weighted by atomic mass is 16.5. The molecule has 0 aliphatic heterocycles. The monoisotopic (exact) mass is 340 g/mol. The second kappa shape index (κ2) is 7.61. The molecule has 0 saturated carbocycles. The van der Waals surface area contributed by atoms with E-state index in [-0.39, 0.29) is 5.91 Å². The Balaban J connectivity index is 1.54. The van der Waals surface area contributed by atoms with Crippen LogP contribution < -0.4 is 15.8 Å². The Kier molecular flexibility index (Phi) is 5.08. The molecule has 3 rings (SSSR count). The van der Waals surface area contributed by atoms with Gasteiger partial charge in [-0.25, -0.2) is 15.0 Å². The van der Waals surface area contributed by atoms with E-state index in [9.17, 15) is 4.79 Å². The quantitative estimate of drug-likeness (QED) is 0.675. The van der Waals surface area contributed by atoms with Gasteiger partial charge < -0.3 is 20.4 Å². The molecule has 1 aromatic carbocycles. The third-order valence-corrected chi connectivity index (χ3v) is 3.71. The van der Waals surface area contributed by atoms with Crippen LogP contribution in [0.3, 0.4) is 0 Å². The number of anilines is 1. The summed E-state index contributed by atoms with van der Waals surface area (Å²) < 4.78 is 7.25. The van der Waals surface area contributed by atoms with E-state index in [1.165, 1.54) is 6.33 Å². The number of nitrogens with two attached hydrogens (primary N) is 1. The number of amides is 1. The van der Waals surface area contributed by atoms with Crippen molar-refractivity contribution in [2.24, 2.45) is 0 Å². The zero-order chi connectivity index (χ0) is 17.6. The predicted octanol–water partition coefficient (Wildman–Crippen LogP) is 1.51. The lowest BCUT2D eigenvalue weighted by Crippen LogP contribution is -2.23. The average Bonchev–Trinajstić information content (AvgIpc) is 3.03. The lowest BCUT2D eigenvalue weighted by atomic mass is 10.2. The molecule has 130 valence electrons. The van der Waals surface area contributed by atoms with Gasteiger partial charge in [0.05, 0.1) is 12.9 Å². The number of imidazole rings is 1. The van der Waals surface area contributed by atoms with Crippen molar-refractivity contribution in [1.29, 1.82) is 0 Å². The average molecular weight is 340 g/mol. The van der Waals surface area contributed by atoms with Gasteiger partial charge in [0, 0.05) is 19.5 Å². The Morgan fingerprint density at radius 3 is 3.04 bits per heavy atom. The van der Waals surface area contributed by atoms with Gasteiger partial charge in [0.2, 0.25) is 5.91 Å². The molecule has 0 radical (unpaired) electrons. The maximum Gasteiger partial charge on any atom is 0.222 e. The highest BCUT2D eigenvalue weighted by Gasteiger charge is 2.09. The topological polar surface area (TPSA) is 108 Å². The first-order chi connectivity index (χ1) is 12.2. The number of carbonyl (C=O) groups is 1. The van der Waals surface area contributed by atoms with Gasteiger partial charge >= 0.3 is 0 Å². The molecule has 3 N–H and O–H groups in total. The van der Waals surface area contributed by atoms with Crippen LogP contribution in [0.25, 0.3) is 11.2 Å². The number of aryl methyl sites for hydroxylation is 1. The van der Waals surface area contributed by atoms with E-state index in [2.05, 4.69) is 20.3 Å². The number of rotatable bonds is 7. The van der Waals surface area contributed by atoms with Crippen LogP contribution in [-0.4, -0.2) is 32.0 Å². The molecule has 0 spiro atoms. The summed E-state index contributed by atoms with van der Waals surface area (Å²) in [5, 5.41) is 2.90. The van der Waals surface area contributed by atoms with Gasteiger partial charge in [-0.05, 0) is 24.6 Å². The first-order valence-electron chi connectivity index (χ1n) is 8.07. The Labute approximate surface area is 145 Å². The van der Waals surface area contributed by atoms with Crippen molar-refractivity contribution in [3.05, 3.63) is 42.5 Å². The molecule has 8 heteroatoms. The lowest BCUT2D eigenvalue weighted by Gasteiger charge is -2.08. The normalized spacial score (nSPS) is 10.8. The maximum absolute atomic E-state index is 12.1. The highest BCUT2D eigenvalue weighted by molar-refractivity contribution is 5.81. The molecule has 3 aromatic rings. The molecular weight excluding hydrogens is 320 g/mol. The molecule has 0 fully saturated rings. The van der Waals surface area contributed by atoms with E-state index in [0.29, 0.717) is 43.1 Å². The number of hydrogen-bond acceptors (Lipinski definition) is 6. The summed E-state index contributed by atoms with van der Waals surface area (Å²) in [6.07, 6.45) is 3.33. The fourth-order valence-corrected chi connectivity index (χ4v) is 2.49. The lowest BCUT2D eigenvalue weighted by molar-refractivity contribution is -0.121. The van der Waals surface area contributed by atoms with E-state index < -0.39 is 0 Å². The molecular formula is C17H20N6O2. The summed E-state index contributed by atoms with van der Waals surface area (Å²) in [5.74, 6) is 1.09. The van der Waals surface area contributed by atoms with Gasteiger partial charge in [0.1, 0.15) is 17.6 Å². The number of aromatic nitrogens is 4. The van der Waals surface area contributed by atoms with Crippen molar-refractivity contribution in [1.82, 2.24) is 24.8 Å². The number of nitrogens with one attached hydrogen (secondary N) is 1. The SMILES string of the molecule is CCOc1cccc(CNC(=O)CCn2cnc3c(N)ncnc32)c1. The Morgan fingerprint density at radius 1 is 1.32 bits per heavy atom. The van der Waals surface area contributed by atoms with Crippen LogP contribution in [0.2, 0.25) is 0 Å². The third-order valence-electron chi connectivity index (χ3n) is 3.71. The fourth-order valence-electron chi connectivity index (χ4n) is 2.49. The Hall–Kier alpha value is -3.16. The van der Waals surface area contributed by atoms with Gasteiger partial charge in [0.25, 0.3) is 0 Å². The fraction of sp³-hybridized carbons (Fsp3) is 0.294. The van der Waals surface area contributed by atoms with Crippen LogP contribution in [0.15, 0.2) is 36.9 Å². The second-order valence-electron chi connectivity index (χ2n) is 5.48. The molecule has 0 bridgehead atoms. The summed E-state index contributed by atoms with van der Waals surface area (Å²) in [7, 11) is 0. The van der Waals surface area contributed by atoms with Crippen molar-refractivity contribution in [3.63, 3.8) is 0 Å². The zero-order valence-corrected chi connectivity index (χ0v) is 14.0. The van der Waals surface area contributed by atoms with Gasteiger partial charge in [-0.2, -0.15) is 0 Å². The van der Waals surface area contributed by atoms with E-state index in [4.69, 9.17) is 10.5 Å². The molecule has 2 heterocycles. The summed E-state index contributed by atoms with van der Waals surface area (Å²) in [6, 6.07) is 7.68. The summed E-state index contributed by atoms with van der Waals surface area (Å²) in [6.45, 7) is 3.48. The number of carbonyl (C=O) groups excluding carboxylic acids is 1. The first kappa shape index (κ1) is 16.7. The molecule has 0 aliphatic carbocycles.